The molecule has 1 fully saturated rings. The Kier molecular flexibility index (Phi) is 8.48. The number of fused-ring (bicyclic) bond motifs is 1. The van der Waals surface area contributed by atoms with Crippen LogP contribution in [0.2, 0.25) is 0 Å². The van der Waals surface area contributed by atoms with Gasteiger partial charge in [0, 0.05) is 26.1 Å². The van der Waals surface area contributed by atoms with E-state index in [0.717, 1.165) is 18.9 Å². The van der Waals surface area contributed by atoms with Gasteiger partial charge in [0.25, 0.3) is 6.01 Å². The van der Waals surface area contributed by atoms with Crippen LogP contribution in [-0.2, 0) is 16.6 Å². The molecule has 32 heavy (non-hydrogen) atoms. The highest BCUT2D eigenvalue weighted by Gasteiger charge is 2.27. The van der Waals surface area contributed by atoms with Gasteiger partial charge in [0.1, 0.15) is 23.7 Å². The lowest BCUT2D eigenvalue weighted by Gasteiger charge is -2.29. The van der Waals surface area contributed by atoms with E-state index >= 15 is 0 Å². The number of ether oxygens (including phenoxy) is 3. The number of halogens is 4. The average molecular weight is 569 g/mol. The predicted octanol–water partition coefficient (Wildman–Crippen LogP) is 4.19. The summed E-state index contributed by atoms with van der Waals surface area (Å²) in [6, 6.07) is 0.918. The Balaban J connectivity index is 1.62. The second-order valence-corrected chi connectivity index (χ2v) is 9.33. The van der Waals surface area contributed by atoms with Crippen molar-refractivity contribution in [3.63, 3.8) is 0 Å². The van der Waals surface area contributed by atoms with E-state index in [1.165, 1.54) is 41.1 Å². The Bertz CT molecular complexity index is 948. The maximum absolute atomic E-state index is 14.9. The molecule has 1 heterocycles. The number of amides is 1. The van der Waals surface area contributed by atoms with Crippen molar-refractivity contribution in [2.75, 3.05) is 13.2 Å². The van der Waals surface area contributed by atoms with Gasteiger partial charge in [0.2, 0.25) is 5.91 Å². The third-order valence-electron chi connectivity index (χ3n) is 5.25. The van der Waals surface area contributed by atoms with E-state index in [2.05, 4.69) is 10.3 Å². The van der Waals surface area contributed by atoms with Crippen LogP contribution in [0.4, 0.5) is 13.2 Å². The van der Waals surface area contributed by atoms with Crippen molar-refractivity contribution in [3.05, 3.63) is 17.7 Å². The first kappa shape index (κ1) is 24.9. The first-order valence-corrected chi connectivity index (χ1v) is 11.7. The molecule has 1 saturated carbocycles. The van der Waals surface area contributed by atoms with Crippen molar-refractivity contribution >= 4 is 39.5 Å². The van der Waals surface area contributed by atoms with Crippen LogP contribution in [0.1, 0.15) is 39.5 Å². The number of carbonyl (C=O) groups is 1. The summed E-state index contributed by atoms with van der Waals surface area (Å²) in [5.41, 5.74) is -0.259. The average Bonchev–Trinajstić information content (AvgIpc) is 3.05. The molecule has 3 rings (SSSR count). The first-order chi connectivity index (χ1) is 15.2. The number of imidazole rings is 1. The molecule has 1 aromatic heterocycles. The van der Waals surface area contributed by atoms with Gasteiger partial charge in [-0.3, -0.25) is 9.36 Å². The Hall–Kier alpha value is -1.76. The molecule has 7 nitrogen and oxygen atoms in total. The molecular formula is C21H27F3IN3O4. The molecule has 2 aromatic rings. The lowest BCUT2D eigenvalue weighted by atomic mass is 9.95. The highest BCUT2D eigenvalue weighted by Crippen LogP contribution is 2.33. The van der Waals surface area contributed by atoms with Crippen LogP contribution in [0.25, 0.3) is 11.0 Å². The molecule has 178 valence electrons. The third kappa shape index (κ3) is 6.18. The summed E-state index contributed by atoms with van der Waals surface area (Å²) >= 11 is 1.49. The molecule has 0 aliphatic heterocycles. The minimum Gasteiger partial charge on any atom is -0.486 e. The van der Waals surface area contributed by atoms with E-state index in [9.17, 15) is 18.0 Å². The smallest absolute Gasteiger partial charge is 0.297 e. The zero-order chi connectivity index (χ0) is 23.4. The van der Waals surface area contributed by atoms with Gasteiger partial charge in [-0.15, -0.1) is 0 Å². The number of rotatable bonds is 9. The number of alkyl halides is 2. The number of nitrogens with one attached hydrogen (secondary N) is 1. The number of carbonyl (C=O) groups excluding carboxylic acids is 1. The predicted molar refractivity (Wildman–Crippen MR) is 121 cm³/mol. The largest absolute Gasteiger partial charge is 0.486 e. The summed E-state index contributed by atoms with van der Waals surface area (Å²) in [5.74, 6) is -2.04. The summed E-state index contributed by atoms with van der Waals surface area (Å²) in [7, 11) is 1.53. The fraction of sp³-hybridized carbons (Fsp3) is 0.619. The summed E-state index contributed by atoms with van der Waals surface area (Å²) in [6.45, 7) is 3.40. The lowest BCUT2D eigenvalue weighted by molar-refractivity contribution is -0.120. The molecule has 0 spiro atoms. The summed E-state index contributed by atoms with van der Waals surface area (Å²) < 4.78 is 59.2. The summed E-state index contributed by atoms with van der Waals surface area (Å²) in [5, 5.41) is 2.78. The molecule has 1 aliphatic rings. The standard InChI is InChI=1S/C21H27F3IN3O4/c1-11(26-12(2)29)9-30-13-4-6-14(7-5-13)32-21-27-19-15(22)8-16(31-10-17(23)25)18(24)20(19)28(21)3/h8,11,13-14,17H,4-7,9-10H2,1-3H3,(H,26,29)/t11-,13?,14?,17?/m0/s1. The highest BCUT2D eigenvalue weighted by molar-refractivity contribution is 14.1. The molecular weight excluding hydrogens is 542 g/mol. The summed E-state index contributed by atoms with van der Waals surface area (Å²) in [6.07, 6.45) is 2.85. The topological polar surface area (TPSA) is 74.6 Å². The molecule has 1 aromatic carbocycles. The zero-order valence-electron chi connectivity index (χ0n) is 18.2. The highest BCUT2D eigenvalue weighted by atomic mass is 127. The van der Waals surface area contributed by atoms with Gasteiger partial charge in [-0.25, -0.2) is 13.2 Å². The molecule has 0 radical (unpaired) electrons. The number of hydrogen-bond acceptors (Lipinski definition) is 5. The van der Waals surface area contributed by atoms with Crippen molar-refractivity contribution in [2.45, 2.75) is 62.0 Å². The second-order valence-electron chi connectivity index (χ2n) is 7.97. The van der Waals surface area contributed by atoms with Gasteiger partial charge in [-0.2, -0.15) is 4.98 Å². The maximum Gasteiger partial charge on any atom is 0.297 e. The van der Waals surface area contributed by atoms with E-state index in [1.807, 2.05) is 6.92 Å². The minimum absolute atomic E-state index is 0.0622. The van der Waals surface area contributed by atoms with E-state index < -0.39 is 22.4 Å². The molecule has 1 aliphatic carbocycles. The molecule has 1 N–H and O–H groups in total. The van der Waals surface area contributed by atoms with Gasteiger partial charge < -0.3 is 19.5 Å². The van der Waals surface area contributed by atoms with Gasteiger partial charge in [-0.1, -0.05) is 0 Å². The molecule has 11 heteroatoms. The lowest BCUT2D eigenvalue weighted by Crippen LogP contribution is -2.37. The van der Waals surface area contributed by atoms with Crippen molar-refractivity contribution < 1.29 is 32.2 Å². The normalized spacial score (nSPS) is 20.7. The Morgan fingerprint density at radius 3 is 2.56 bits per heavy atom. The van der Waals surface area contributed by atoms with Crippen molar-refractivity contribution in [2.24, 2.45) is 7.05 Å². The van der Waals surface area contributed by atoms with Crippen LogP contribution in [0, 0.1) is 11.6 Å². The van der Waals surface area contributed by atoms with Crippen LogP contribution in [0.3, 0.4) is 0 Å². The third-order valence-corrected chi connectivity index (χ3v) is 5.61. The van der Waals surface area contributed by atoms with E-state index in [1.54, 1.807) is 0 Å². The van der Waals surface area contributed by atoms with Gasteiger partial charge in [0.05, 0.1) is 12.7 Å². The maximum atomic E-state index is 14.9. The molecule has 2 atom stereocenters. The molecule has 0 bridgehead atoms. The molecule has 0 saturated heterocycles. The SMILES string of the molecule is CC(=O)N[C@@H](C)COC1CCC(Oc2nc3c(F)cc(OCC(F)I)c(F)c3n2C)CC1. The van der Waals surface area contributed by atoms with Crippen molar-refractivity contribution in [1.82, 2.24) is 14.9 Å². The fourth-order valence-corrected chi connectivity index (χ4v) is 3.94. The monoisotopic (exact) mass is 569 g/mol. The van der Waals surface area contributed by atoms with Crippen LogP contribution >= 0.6 is 22.6 Å². The number of benzene rings is 1. The Morgan fingerprint density at radius 2 is 1.94 bits per heavy atom. The van der Waals surface area contributed by atoms with Crippen LogP contribution in [0.5, 0.6) is 11.8 Å². The van der Waals surface area contributed by atoms with Gasteiger partial charge >= 0.3 is 0 Å². The number of hydrogen-bond donors (Lipinski definition) is 1. The van der Waals surface area contributed by atoms with E-state index in [-0.39, 0.29) is 47.0 Å². The Labute approximate surface area is 198 Å². The first-order valence-electron chi connectivity index (χ1n) is 10.5. The van der Waals surface area contributed by atoms with Gasteiger partial charge in [0.15, 0.2) is 21.6 Å². The second kappa shape index (κ2) is 10.9. The van der Waals surface area contributed by atoms with Gasteiger partial charge in [-0.05, 0) is 55.2 Å². The number of aromatic nitrogens is 2. The fourth-order valence-electron chi connectivity index (χ4n) is 3.76. The van der Waals surface area contributed by atoms with Crippen LogP contribution < -0.4 is 14.8 Å². The quantitative estimate of drug-likeness (QED) is 0.362. The summed E-state index contributed by atoms with van der Waals surface area (Å²) in [4.78, 5) is 15.2. The van der Waals surface area contributed by atoms with E-state index in [0.29, 0.717) is 19.4 Å². The molecule has 1 unspecified atom stereocenters. The number of nitrogens with zero attached hydrogens (tertiary/aromatic N) is 2. The van der Waals surface area contributed by atoms with Crippen molar-refractivity contribution in [3.8, 4) is 11.8 Å². The number of aryl methyl sites for hydroxylation is 1. The Morgan fingerprint density at radius 1 is 1.28 bits per heavy atom. The van der Waals surface area contributed by atoms with Crippen LogP contribution in [-0.4, -0.2) is 51.1 Å². The minimum atomic E-state index is -1.34. The zero-order valence-corrected chi connectivity index (χ0v) is 20.3. The van der Waals surface area contributed by atoms with E-state index in [4.69, 9.17) is 14.2 Å². The van der Waals surface area contributed by atoms with Crippen molar-refractivity contribution in [1.29, 1.82) is 0 Å². The van der Waals surface area contributed by atoms with Crippen LogP contribution in [0.15, 0.2) is 6.07 Å². The molecule has 1 amide bonds.